The number of nitrogens with one attached hydrogen (secondary N) is 2. The molecule has 36 heavy (non-hydrogen) atoms. The zero-order valence-electron chi connectivity index (χ0n) is 18.9. The first kappa shape index (κ1) is 22.4. The first-order valence-corrected chi connectivity index (χ1v) is 11.0. The Morgan fingerprint density at radius 2 is 1.97 bits per heavy atom. The lowest BCUT2D eigenvalue weighted by Gasteiger charge is -2.31. The second kappa shape index (κ2) is 8.77. The minimum atomic E-state index is -0.868. The molecule has 0 saturated carbocycles. The number of nitriles is 2. The maximum Gasteiger partial charge on any atom is 0.292 e. The molecule has 0 bridgehead atoms. The van der Waals surface area contributed by atoms with Gasteiger partial charge in [-0.25, -0.2) is 9.98 Å². The number of pyridine rings is 1. The summed E-state index contributed by atoms with van der Waals surface area (Å²) < 4.78 is 0. The molecule has 0 spiro atoms. The number of nitro benzene ring substituents is 1. The third kappa shape index (κ3) is 3.73. The van der Waals surface area contributed by atoms with E-state index in [0.717, 1.165) is 12.0 Å². The van der Waals surface area contributed by atoms with Crippen molar-refractivity contribution in [2.24, 2.45) is 4.99 Å². The number of nitrogens with zero attached hydrogens (tertiary/aromatic N) is 6. The van der Waals surface area contributed by atoms with E-state index in [9.17, 15) is 15.4 Å². The molecule has 12 nitrogen and oxygen atoms in total. The van der Waals surface area contributed by atoms with Crippen LogP contribution in [0.3, 0.4) is 0 Å². The van der Waals surface area contributed by atoms with E-state index in [0.29, 0.717) is 29.9 Å². The van der Waals surface area contributed by atoms with Crippen molar-refractivity contribution in [3.05, 3.63) is 80.4 Å². The van der Waals surface area contributed by atoms with Crippen molar-refractivity contribution in [3.8, 4) is 12.3 Å². The molecular formula is C24H20N10O2. The molecule has 1 unspecified atom stereocenters. The minimum absolute atomic E-state index is 0.00876. The molecule has 2 aliphatic heterocycles. The number of nitrogen functional groups attached to an aromatic ring is 2. The van der Waals surface area contributed by atoms with Gasteiger partial charge in [0.15, 0.2) is 6.19 Å². The van der Waals surface area contributed by atoms with Crippen LogP contribution in [0.25, 0.3) is 0 Å². The molecule has 0 aliphatic carbocycles. The van der Waals surface area contributed by atoms with Crippen molar-refractivity contribution in [1.29, 1.82) is 10.5 Å². The van der Waals surface area contributed by atoms with Gasteiger partial charge in [0.2, 0.25) is 5.96 Å². The molecule has 2 aliphatic rings. The van der Waals surface area contributed by atoms with Gasteiger partial charge in [0, 0.05) is 24.7 Å². The third-order valence-electron chi connectivity index (χ3n) is 6.34. The lowest BCUT2D eigenvalue weighted by atomic mass is 9.94. The number of nitro groups is 1. The standard InChI is InChI=1S/C24H20N10O2/c25-10-16-20(27)19-21(30-24(29-12-26)32-23(19)31-22(16)28)14-5-6-17(18(9-14)34(35)36)33-8-7-13-3-1-2-4-15(13)11-33/h1-6,9,21H,7-8,11H2,(H6,27,28,29,30,31,32). The van der Waals surface area contributed by atoms with Gasteiger partial charge in [0.05, 0.1) is 10.6 Å². The lowest BCUT2D eigenvalue weighted by Crippen LogP contribution is -2.33. The van der Waals surface area contributed by atoms with E-state index in [-0.39, 0.29) is 34.5 Å². The number of anilines is 4. The summed E-state index contributed by atoms with van der Waals surface area (Å²) in [6, 6.07) is 14.0. The number of guanidine groups is 1. The Labute approximate surface area is 205 Å². The summed E-state index contributed by atoms with van der Waals surface area (Å²) >= 11 is 0. The average molecular weight is 480 g/mol. The van der Waals surface area contributed by atoms with Crippen LogP contribution in [0.4, 0.5) is 28.7 Å². The van der Waals surface area contributed by atoms with Crippen molar-refractivity contribution >= 4 is 34.7 Å². The normalized spacial score (nSPS) is 15.9. The Kier molecular flexibility index (Phi) is 5.47. The second-order valence-electron chi connectivity index (χ2n) is 8.35. The van der Waals surface area contributed by atoms with Gasteiger partial charge in [-0.15, -0.1) is 0 Å². The van der Waals surface area contributed by atoms with Gasteiger partial charge in [-0.3, -0.25) is 15.4 Å². The van der Waals surface area contributed by atoms with Crippen molar-refractivity contribution < 1.29 is 4.92 Å². The molecule has 5 rings (SSSR count). The van der Waals surface area contributed by atoms with Gasteiger partial charge in [-0.2, -0.15) is 10.5 Å². The van der Waals surface area contributed by atoms with Crippen LogP contribution >= 0.6 is 0 Å². The smallest absolute Gasteiger partial charge is 0.292 e. The fourth-order valence-electron chi connectivity index (χ4n) is 4.65. The number of aliphatic imine (C=N–C) groups is 1. The van der Waals surface area contributed by atoms with Crippen molar-refractivity contribution in [2.45, 2.75) is 19.0 Å². The molecule has 0 amide bonds. The molecule has 1 atom stereocenters. The molecule has 1 aromatic heterocycles. The molecule has 3 heterocycles. The Balaban J connectivity index is 1.61. The molecule has 0 radical (unpaired) electrons. The predicted molar refractivity (Wildman–Crippen MR) is 134 cm³/mol. The molecule has 0 saturated heterocycles. The fourth-order valence-corrected chi connectivity index (χ4v) is 4.65. The van der Waals surface area contributed by atoms with Crippen LogP contribution in [-0.2, 0) is 13.0 Å². The quantitative estimate of drug-likeness (QED) is 0.187. The highest BCUT2D eigenvalue weighted by molar-refractivity contribution is 5.98. The van der Waals surface area contributed by atoms with Gasteiger partial charge < -0.3 is 21.7 Å². The molecule has 2 aromatic carbocycles. The lowest BCUT2D eigenvalue weighted by molar-refractivity contribution is -0.384. The van der Waals surface area contributed by atoms with Crippen molar-refractivity contribution in [3.63, 3.8) is 0 Å². The molecule has 12 heteroatoms. The van der Waals surface area contributed by atoms with E-state index in [2.05, 4.69) is 26.7 Å². The van der Waals surface area contributed by atoms with Gasteiger partial charge in [0.25, 0.3) is 5.69 Å². The van der Waals surface area contributed by atoms with Crippen LogP contribution in [0.15, 0.2) is 47.5 Å². The summed E-state index contributed by atoms with van der Waals surface area (Å²) in [4.78, 5) is 22.4. The summed E-state index contributed by atoms with van der Waals surface area (Å²) in [7, 11) is 0. The number of hydrogen-bond donors (Lipinski definition) is 4. The van der Waals surface area contributed by atoms with Crippen LogP contribution in [0, 0.1) is 32.9 Å². The Hall–Kier alpha value is -5.36. The monoisotopic (exact) mass is 480 g/mol. The molecule has 3 aromatic rings. The van der Waals surface area contributed by atoms with E-state index >= 15 is 0 Å². The maximum atomic E-state index is 12.1. The molecular weight excluding hydrogens is 460 g/mol. The third-order valence-corrected chi connectivity index (χ3v) is 6.34. The van der Waals surface area contributed by atoms with Gasteiger partial charge in [0.1, 0.15) is 35.0 Å². The van der Waals surface area contributed by atoms with Crippen LogP contribution in [0.1, 0.15) is 33.9 Å². The summed E-state index contributed by atoms with van der Waals surface area (Å²) in [6.45, 7) is 1.20. The van der Waals surface area contributed by atoms with E-state index in [1.54, 1.807) is 18.3 Å². The topological polar surface area (TPSA) is 195 Å². The SMILES string of the molecule is N#CNC1=NC(c2ccc(N3CCc4ccccc4C3)c([N+](=O)[O-])c2)c2c(nc(N)c(C#N)c2N)N1. The van der Waals surface area contributed by atoms with E-state index in [4.69, 9.17) is 16.7 Å². The van der Waals surface area contributed by atoms with Crippen LogP contribution in [-0.4, -0.2) is 22.4 Å². The second-order valence-corrected chi connectivity index (χ2v) is 8.35. The zero-order valence-corrected chi connectivity index (χ0v) is 18.9. The van der Waals surface area contributed by atoms with E-state index in [1.807, 2.05) is 29.2 Å². The zero-order chi connectivity index (χ0) is 25.4. The van der Waals surface area contributed by atoms with Crippen molar-refractivity contribution in [2.75, 3.05) is 28.2 Å². The van der Waals surface area contributed by atoms with Crippen molar-refractivity contribution in [1.82, 2.24) is 10.3 Å². The summed E-state index contributed by atoms with van der Waals surface area (Å²) in [5.41, 5.74) is 15.8. The first-order valence-electron chi connectivity index (χ1n) is 11.0. The average Bonchev–Trinajstić information content (AvgIpc) is 2.88. The number of aromatic nitrogens is 1. The van der Waals surface area contributed by atoms with Crippen LogP contribution < -0.4 is 27.0 Å². The summed E-state index contributed by atoms with van der Waals surface area (Å²) in [5.74, 6) is 0.205. The van der Waals surface area contributed by atoms with E-state index < -0.39 is 11.0 Å². The number of nitrogens with two attached hydrogens (primary N) is 2. The van der Waals surface area contributed by atoms with E-state index in [1.165, 1.54) is 11.6 Å². The summed E-state index contributed by atoms with van der Waals surface area (Å²) in [5, 5.41) is 36.0. The van der Waals surface area contributed by atoms with Gasteiger partial charge in [-0.1, -0.05) is 30.3 Å². The number of fused-ring (bicyclic) bond motifs is 2. The predicted octanol–water partition coefficient (Wildman–Crippen LogP) is 2.53. The highest BCUT2D eigenvalue weighted by atomic mass is 16.6. The highest BCUT2D eigenvalue weighted by Crippen LogP contribution is 2.43. The maximum absolute atomic E-state index is 12.1. The minimum Gasteiger partial charge on any atom is -0.397 e. The van der Waals surface area contributed by atoms with Crippen LogP contribution in [0.2, 0.25) is 0 Å². The molecule has 6 N–H and O–H groups in total. The summed E-state index contributed by atoms with van der Waals surface area (Å²) in [6.07, 6.45) is 2.56. The van der Waals surface area contributed by atoms with Crippen LogP contribution in [0.5, 0.6) is 0 Å². The Morgan fingerprint density at radius 3 is 2.69 bits per heavy atom. The highest BCUT2D eigenvalue weighted by Gasteiger charge is 2.32. The molecule has 0 fully saturated rings. The Morgan fingerprint density at radius 1 is 1.19 bits per heavy atom. The first-order chi connectivity index (χ1) is 17.4. The molecule has 178 valence electrons. The number of rotatable bonds is 3. The van der Waals surface area contributed by atoms with Gasteiger partial charge >= 0.3 is 0 Å². The van der Waals surface area contributed by atoms with Gasteiger partial charge in [-0.05, 0) is 29.2 Å². The largest absolute Gasteiger partial charge is 0.397 e. The Bertz CT molecular complexity index is 1520. The number of hydrogen-bond acceptors (Lipinski definition) is 11. The fraction of sp³-hybridized carbons (Fsp3) is 0.167. The number of benzene rings is 2.